The van der Waals surface area contributed by atoms with E-state index in [1.54, 1.807) is 6.07 Å². The summed E-state index contributed by atoms with van der Waals surface area (Å²) in [6, 6.07) is 5.53. The highest BCUT2D eigenvalue weighted by Gasteiger charge is 2.86. The fourth-order valence-corrected chi connectivity index (χ4v) is 13.9. The molecule has 0 amide bonds. The molecule has 0 radical (unpaired) electrons. The molecule has 1 spiro atoms. The molecule has 2 fully saturated rings. The second kappa shape index (κ2) is 18.4. The molecule has 8 N–H and O–H groups in total. The Kier molecular flexibility index (Phi) is 12.7. The van der Waals surface area contributed by atoms with Crippen molar-refractivity contribution in [3.63, 3.8) is 0 Å². The minimum absolute atomic E-state index is 0.00883. The zero-order chi connectivity index (χ0) is 46.7. The Balaban J connectivity index is 1.02. The number of nitrogens with one attached hydrogen (secondary N) is 5. The number of carbonyl (C=O) groups excluding carboxylic acids is 3. The lowest BCUT2D eigenvalue weighted by atomic mass is 9.54. The number of hydrogen-bond donors (Lipinski definition) is 7. The number of nitrogens with two attached hydrogens (primary N) is 1. The summed E-state index contributed by atoms with van der Waals surface area (Å²) in [5.74, 6) is 1.13. The molecule has 1 saturated carbocycles. The summed E-state index contributed by atoms with van der Waals surface area (Å²) >= 11 is 0. The number of rotatable bonds is 11. The number of ether oxygens (including phenoxy) is 2. The summed E-state index contributed by atoms with van der Waals surface area (Å²) in [5.41, 5.74) is 9.75. The van der Waals surface area contributed by atoms with Crippen molar-refractivity contribution in [2.75, 3.05) is 33.4 Å². The third-order valence-electron chi connectivity index (χ3n) is 17.5. The molecular formula is C55H72N6O6. The van der Waals surface area contributed by atoms with Crippen LogP contribution < -0.4 is 32.3 Å². The highest BCUT2D eigenvalue weighted by molar-refractivity contribution is 6.33. The Bertz CT molecular complexity index is 2410. The minimum Gasteiger partial charge on any atom is -0.463 e. The average molecular weight is 913 g/mol. The second-order valence-electron chi connectivity index (χ2n) is 21.5. The van der Waals surface area contributed by atoms with Crippen molar-refractivity contribution in [1.29, 1.82) is 0 Å². The van der Waals surface area contributed by atoms with Gasteiger partial charge in [-0.05, 0) is 153 Å². The number of aliphatic hydroxyl groups excluding tert-OH is 1. The van der Waals surface area contributed by atoms with Gasteiger partial charge in [0.15, 0.2) is 11.4 Å². The topological polar surface area (TPSA) is 179 Å². The van der Waals surface area contributed by atoms with Crippen molar-refractivity contribution in [3.8, 4) is 0 Å². The third-order valence-corrected chi connectivity index (χ3v) is 17.5. The Labute approximate surface area is 396 Å². The number of epoxide rings is 1. The molecule has 6 bridgehead atoms. The standard InChI is InChI=1S/C55H72N6O6/c1-5-58-44-25-36-9-6-12-39-34-11-8-23-53(3,26-33-15-20-45(56)60-29-33)27-37-10-7-13-42-48(37)50(64)55(52(65)66-31-43(44)41(18-17-34)47(36)39)54(67-55,49(42)63)28-38(30-62)32(2)14-16-35-22-24-59-51-40(35)19-21-46(57-4)61-51/h6-7,9-10,13,15,20,22,25,29,34,39,41,43-47,57-62H,5,8,11-12,14,16-19,21,23-24,26-28,30-31,56H2,1-4H3. The van der Waals surface area contributed by atoms with Gasteiger partial charge >= 0.3 is 5.97 Å². The van der Waals surface area contributed by atoms with Gasteiger partial charge in [0.05, 0.1) is 25.5 Å². The zero-order valence-electron chi connectivity index (χ0n) is 40.0. The van der Waals surface area contributed by atoms with E-state index >= 15 is 14.4 Å². The van der Waals surface area contributed by atoms with Crippen molar-refractivity contribution in [2.24, 2.45) is 40.7 Å². The number of carbonyl (C=O) groups is 3. The first-order chi connectivity index (χ1) is 32.4. The van der Waals surface area contributed by atoms with Crippen LogP contribution in [0.3, 0.4) is 0 Å². The van der Waals surface area contributed by atoms with Crippen molar-refractivity contribution in [3.05, 3.63) is 117 Å². The van der Waals surface area contributed by atoms with Crippen LogP contribution in [0.15, 0.2) is 100 Å². The van der Waals surface area contributed by atoms with E-state index in [1.165, 1.54) is 16.7 Å². The normalized spacial score (nSPS) is 36.7. The number of dihydropyridines is 2. The fourth-order valence-electron chi connectivity index (χ4n) is 13.9. The summed E-state index contributed by atoms with van der Waals surface area (Å²) in [7, 11) is 1.96. The minimum atomic E-state index is -2.17. The van der Waals surface area contributed by atoms with E-state index in [0.29, 0.717) is 42.1 Å². The molecule has 6 heterocycles. The van der Waals surface area contributed by atoms with Crippen LogP contribution in [0.4, 0.5) is 0 Å². The van der Waals surface area contributed by atoms with Crippen LogP contribution in [0.5, 0.6) is 0 Å². The second-order valence-corrected chi connectivity index (χ2v) is 21.5. The molecule has 1 saturated heterocycles. The average Bonchev–Trinajstić information content (AvgIpc) is 4.04. The molecule has 67 heavy (non-hydrogen) atoms. The lowest BCUT2D eigenvalue weighted by Gasteiger charge is -2.52. The molecule has 358 valence electrons. The fraction of sp³-hybridized carbons (Fsp3) is 0.582. The largest absolute Gasteiger partial charge is 0.463 e. The summed E-state index contributed by atoms with van der Waals surface area (Å²) in [5, 5.41) is 28.5. The van der Waals surface area contributed by atoms with Crippen molar-refractivity contribution in [2.45, 2.75) is 134 Å². The molecule has 12 heteroatoms. The summed E-state index contributed by atoms with van der Waals surface area (Å²) in [4.78, 5) is 46.3. The first kappa shape index (κ1) is 46.2. The van der Waals surface area contributed by atoms with E-state index < -0.39 is 28.7 Å². The molecular weight excluding hydrogens is 841 g/mol. The Morgan fingerprint density at radius 2 is 1.93 bits per heavy atom. The molecule has 11 rings (SSSR count). The number of likely N-dealkylation sites (N-methyl/N-ethyl adjacent to an activating group) is 1. The molecule has 11 atom stereocenters. The maximum atomic E-state index is 15.6. The van der Waals surface area contributed by atoms with Crippen LogP contribution in [0, 0.1) is 35.0 Å². The summed E-state index contributed by atoms with van der Waals surface area (Å²) < 4.78 is 13.1. The number of benzene rings is 1. The van der Waals surface area contributed by atoms with Crippen LogP contribution in [0.1, 0.15) is 124 Å². The SMILES string of the molecule is CCNC1C=C2C=CCC3C4CCCC(C)(CC5=CNC(N)C=C5)Cc5cccc6c5C(=O)C5(OC5(CC(CO)=C(C)CCC5=CCNC7=C5CCC(NC)N7)C6=O)C(=O)OCC1C(CC4)C23. The number of ketones is 2. The monoisotopic (exact) mass is 913 g/mol. The molecule has 10 aliphatic rings. The Hall–Kier alpha value is -4.59. The molecule has 4 aliphatic carbocycles. The maximum Gasteiger partial charge on any atom is 0.350 e. The van der Waals surface area contributed by atoms with Crippen LogP contribution in [-0.2, 0) is 20.7 Å². The predicted octanol–water partition coefficient (Wildman–Crippen LogP) is 6.47. The number of hydrogen-bond acceptors (Lipinski definition) is 12. The van der Waals surface area contributed by atoms with E-state index in [2.05, 4.69) is 70.8 Å². The highest BCUT2D eigenvalue weighted by atomic mass is 16.7. The maximum absolute atomic E-state index is 15.6. The van der Waals surface area contributed by atoms with Crippen molar-refractivity contribution in [1.82, 2.24) is 26.6 Å². The van der Waals surface area contributed by atoms with Gasteiger partial charge in [-0.1, -0.05) is 80.8 Å². The van der Waals surface area contributed by atoms with Crippen LogP contribution in [0.25, 0.3) is 0 Å². The first-order valence-corrected chi connectivity index (χ1v) is 25.4. The van der Waals surface area contributed by atoms with Crippen LogP contribution >= 0.6 is 0 Å². The van der Waals surface area contributed by atoms with Crippen molar-refractivity contribution >= 4 is 17.5 Å². The van der Waals surface area contributed by atoms with Crippen LogP contribution in [0.2, 0.25) is 0 Å². The van der Waals surface area contributed by atoms with Gasteiger partial charge in [0.25, 0.3) is 5.60 Å². The molecule has 0 aromatic heterocycles. The molecule has 11 unspecified atom stereocenters. The van der Waals surface area contributed by atoms with Gasteiger partial charge in [-0.15, -0.1) is 0 Å². The van der Waals surface area contributed by atoms with Gasteiger partial charge in [-0.3, -0.25) is 9.59 Å². The highest BCUT2D eigenvalue weighted by Crippen LogP contribution is 2.61. The van der Waals surface area contributed by atoms with Crippen LogP contribution in [-0.4, -0.2) is 85.6 Å². The number of allylic oxidation sites excluding steroid dienone is 8. The van der Waals surface area contributed by atoms with Gasteiger partial charge < -0.3 is 46.9 Å². The number of aliphatic hydroxyl groups is 1. The molecule has 1 aromatic carbocycles. The molecule has 12 nitrogen and oxygen atoms in total. The molecule has 6 aliphatic heterocycles. The van der Waals surface area contributed by atoms with Gasteiger partial charge in [0.2, 0.25) is 5.78 Å². The van der Waals surface area contributed by atoms with Gasteiger partial charge in [0, 0.05) is 42.3 Å². The van der Waals surface area contributed by atoms with Crippen molar-refractivity contribution < 1.29 is 29.0 Å². The quantitative estimate of drug-likeness (QED) is 0.0558. The number of fused-ring (bicyclic) bond motifs is 7. The summed E-state index contributed by atoms with van der Waals surface area (Å²) in [6.07, 6.45) is 26.2. The smallest absolute Gasteiger partial charge is 0.350 e. The lowest BCUT2D eigenvalue weighted by Crippen LogP contribution is -2.53. The Morgan fingerprint density at radius 1 is 1.06 bits per heavy atom. The van der Waals surface area contributed by atoms with Gasteiger partial charge in [-0.2, -0.15) is 0 Å². The van der Waals surface area contributed by atoms with E-state index in [0.717, 1.165) is 99.8 Å². The predicted molar refractivity (Wildman–Crippen MR) is 259 cm³/mol. The first-order valence-electron chi connectivity index (χ1n) is 25.4. The lowest BCUT2D eigenvalue weighted by molar-refractivity contribution is -0.151. The van der Waals surface area contributed by atoms with E-state index in [9.17, 15) is 5.11 Å². The van der Waals surface area contributed by atoms with Gasteiger partial charge in [0.1, 0.15) is 5.82 Å². The van der Waals surface area contributed by atoms with Gasteiger partial charge in [-0.25, -0.2) is 4.79 Å². The number of Topliss-reactive ketones (excluding diaryl/α,β-unsaturated/α-hetero) is 2. The van der Waals surface area contributed by atoms with E-state index in [4.69, 9.17) is 15.2 Å². The van der Waals surface area contributed by atoms with E-state index in [-0.39, 0.29) is 60.5 Å². The summed E-state index contributed by atoms with van der Waals surface area (Å²) in [6.45, 7) is 7.67. The Morgan fingerprint density at radius 3 is 2.72 bits per heavy atom. The molecule has 1 aromatic rings. The number of esters is 1. The zero-order valence-corrected chi connectivity index (χ0v) is 40.0. The third kappa shape index (κ3) is 8.12. The van der Waals surface area contributed by atoms with E-state index in [1.807, 2.05) is 38.4 Å².